The van der Waals surface area contributed by atoms with Gasteiger partial charge in [-0.1, -0.05) is 49.6 Å². The monoisotopic (exact) mass is 1010 g/mol. The van der Waals surface area contributed by atoms with E-state index in [4.69, 9.17) is 42.5 Å². The molecule has 2 aromatic heterocycles. The highest BCUT2D eigenvalue weighted by Gasteiger charge is 2.37. The summed E-state index contributed by atoms with van der Waals surface area (Å²) in [5, 5.41) is 2.97. The van der Waals surface area contributed by atoms with Gasteiger partial charge < -0.3 is 42.0 Å². The van der Waals surface area contributed by atoms with Crippen LogP contribution in [0.5, 0.6) is 23.0 Å². The Morgan fingerprint density at radius 1 is 0.562 bits per heavy atom. The molecule has 0 radical (unpaired) electrons. The van der Waals surface area contributed by atoms with E-state index in [-0.39, 0.29) is 11.8 Å². The van der Waals surface area contributed by atoms with Crippen molar-refractivity contribution in [1.82, 2.24) is 29.5 Å². The number of amides is 3. The number of nitrogens with two attached hydrogens (primary N) is 2. The van der Waals surface area contributed by atoms with Crippen molar-refractivity contribution in [2.24, 2.45) is 23.3 Å². The van der Waals surface area contributed by atoms with E-state index < -0.39 is 17.1 Å². The molecular weight excluding hydrogens is 944 g/mol. The summed E-state index contributed by atoms with van der Waals surface area (Å²) in [4.78, 5) is 58.9. The molecule has 16 nitrogen and oxygen atoms in total. The minimum atomic E-state index is -0.525. The van der Waals surface area contributed by atoms with E-state index >= 15 is 0 Å². The Labute approximate surface area is 430 Å². The first-order valence-corrected chi connectivity index (χ1v) is 25.1. The molecular formula is C56H63ClN10O6. The molecule has 73 heavy (non-hydrogen) atoms. The molecule has 2 saturated heterocycles. The van der Waals surface area contributed by atoms with Gasteiger partial charge in [0.2, 0.25) is 11.1 Å². The first-order valence-electron chi connectivity index (χ1n) is 24.8. The maximum absolute atomic E-state index is 12.5. The summed E-state index contributed by atoms with van der Waals surface area (Å²) < 4.78 is 15.4. The van der Waals surface area contributed by atoms with Gasteiger partial charge in [-0.15, -0.1) is 0 Å². The molecule has 6 heterocycles. The van der Waals surface area contributed by atoms with Gasteiger partial charge in [-0.05, 0) is 162 Å². The molecule has 0 bridgehead atoms. The Morgan fingerprint density at radius 2 is 0.945 bits per heavy atom. The molecule has 2 unspecified atom stereocenters. The van der Waals surface area contributed by atoms with Gasteiger partial charge in [-0.2, -0.15) is 0 Å². The Bertz CT molecular complexity index is 2910. The van der Waals surface area contributed by atoms with E-state index in [9.17, 15) is 19.2 Å². The molecule has 0 aliphatic carbocycles. The fourth-order valence-corrected chi connectivity index (χ4v) is 10.00. The predicted molar refractivity (Wildman–Crippen MR) is 284 cm³/mol. The minimum absolute atomic E-state index is 0.0262. The molecule has 2 fully saturated rings. The largest absolute Gasteiger partial charge is 0.457 e. The van der Waals surface area contributed by atoms with Crippen molar-refractivity contribution in [3.05, 3.63) is 157 Å². The Balaban J connectivity index is 0.000000177. The molecule has 10 rings (SSSR count). The van der Waals surface area contributed by atoms with Gasteiger partial charge in [0.05, 0.1) is 0 Å². The third-order valence-corrected chi connectivity index (χ3v) is 14.0. The van der Waals surface area contributed by atoms with Gasteiger partial charge in [-0.3, -0.25) is 19.2 Å². The van der Waals surface area contributed by atoms with Crippen LogP contribution in [0, 0.1) is 11.8 Å². The molecule has 3 amide bonds. The number of halogens is 1. The normalized spacial score (nSPS) is 17.3. The van der Waals surface area contributed by atoms with Crippen LogP contribution in [0.4, 0.5) is 0 Å². The number of likely N-dealkylation sites (tertiary alicyclic amines) is 1. The summed E-state index contributed by atoms with van der Waals surface area (Å²) in [6, 6.07) is 34.4. The van der Waals surface area contributed by atoms with Crippen molar-refractivity contribution in [1.29, 1.82) is 0 Å². The number of piperidine rings is 2. The summed E-state index contributed by atoms with van der Waals surface area (Å²) in [5.74, 6) is 5.19. The second kappa shape index (κ2) is 23.7. The Kier molecular flexibility index (Phi) is 16.8. The lowest BCUT2D eigenvalue weighted by Gasteiger charge is -2.38. The van der Waals surface area contributed by atoms with E-state index in [0.717, 1.165) is 105 Å². The maximum atomic E-state index is 12.5. The zero-order valence-corrected chi connectivity index (χ0v) is 42.1. The molecule has 380 valence electrons. The van der Waals surface area contributed by atoms with Crippen molar-refractivity contribution in [2.75, 3.05) is 50.1 Å². The molecule has 6 aromatic rings. The van der Waals surface area contributed by atoms with Crippen LogP contribution in [0.3, 0.4) is 0 Å². The van der Waals surface area contributed by atoms with Gasteiger partial charge in [0.25, 0.3) is 11.8 Å². The number of primary amides is 2. The number of aromatic nitrogens is 4. The standard InChI is InChI=1S/C28H31N5O3.C24H27N5O2.C4H5ClO/c1-18(2)28(35)32-16-13-19(14-17-32)23-12-15-30-33-25(26(29)34)24(31-27(23)33)20-8-10-22(11-9-20)36-21-6-4-3-5-7-21;25-23(30)22-21(17-6-8-19(9-7-17)31-18-4-2-1-3-5-18)28-24-20(12-15-27-29(22)24)16-10-13-26-14-11-16;1-3(2)4(5)6/h3-11,19,23,30H,1,12-17H2,2H3,(H2,29,34);1-9,16,20,26-27H,10-15H2,(H2,25,30);1H2,2H3. The lowest BCUT2D eigenvalue weighted by molar-refractivity contribution is -0.128. The number of carbonyl (C=O) groups is 4. The van der Waals surface area contributed by atoms with E-state index in [1.165, 1.54) is 0 Å². The van der Waals surface area contributed by atoms with Crippen LogP contribution in [0.2, 0.25) is 0 Å². The van der Waals surface area contributed by atoms with Crippen LogP contribution in [-0.4, -0.2) is 86.5 Å². The summed E-state index contributed by atoms with van der Waals surface area (Å²) in [6.45, 7) is 15.4. The maximum Gasteiger partial charge on any atom is 0.269 e. The smallest absolute Gasteiger partial charge is 0.269 e. The second-order valence-corrected chi connectivity index (χ2v) is 19.1. The van der Waals surface area contributed by atoms with E-state index in [0.29, 0.717) is 70.5 Å². The molecule has 2 atom stereocenters. The minimum Gasteiger partial charge on any atom is -0.457 e. The number of benzene rings is 4. The lowest BCUT2D eigenvalue weighted by atomic mass is 9.81. The zero-order chi connectivity index (χ0) is 51.6. The second-order valence-electron chi connectivity index (χ2n) is 18.8. The molecule has 4 aliphatic heterocycles. The van der Waals surface area contributed by atoms with Crippen LogP contribution >= 0.6 is 11.6 Å². The zero-order valence-electron chi connectivity index (χ0n) is 41.3. The van der Waals surface area contributed by atoms with Crippen LogP contribution in [0.15, 0.2) is 133 Å². The SMILES string of the molecule is C=C(C)C(=O)Cl.C=C(C)C(=O)N1CCC(C2CCNn3c2nc(-c2ccc(Oc4ccccc4)cc2)c3C(N)=O)CC1.NC(=O)c1c(-c2ccc(Oc3ccccc3)cc2)nc2n1NCCC2C1CCNCC1. The Hall–Kier alpha value is -7.69. The number of hydrogen-bond donors (Lipinski definition) is 5. The first kappa shape index (κ1) is 51.7. The van der Waals surface area contributed by atoms with Gasteiger partial charge in [0.15, 0.2) is 11.4 Å². The van der Waals surface area contributed by atoms with Crippen molar-refractivity contribution in [2.45, 2.75) is 64.2 Å². The van der Waals surface area contributed by atoms with Crippen LogP contribution in [0.25, 0.3) is 22.5 Å². The first-order chi connectivity index (χ1) is 35.3. The number of nitrogens with zero attached hydrogens (tertiary/aromatic N) is 5. The van der Waals surface area contributed by atoms with E-state index in [1.807, 2.05) is 119 Å². The molecule has 17 heteroatoms. The highest BCUT2D eigenvalue weighted by atomic mass is 35.5. The number of rotatable bonds is 12. The van der Waals surface area contributed by atoms with Gasteiger partial charge in [0, 0.05) is 60.3 Å². The number of ether oxygens (including phenoxy) is 2. The average Bonchev–Trinajstić information content (AvgIpc) is 4.01. The van der Waals surface area contributed by atoms with Crippen molar-refractivity contribution in [3.63, 3.8) is 0 Å². The number of nitrogens with one attached hydrogen (secondary N) is 3. The van der Waals surface area contributed by atoms with Crippen LogP contribution in [-0.2, 0) is 9.59 Å². The number of allylic oxidation sites excluding steroid dienone is 1. The Morgan fingerprint density at radius 3 is 1.32 bits per heavy atom. The number of fused-ring (bicyclic) bond motifs is 2. The summed E-state index contributed by atoms with van der Waals surface area (Å²) in [6.07, 6.45) is 5.97. The van der Waals surface area contributed by atoms with Crippen molar-refractivity contribution in [3.8, 4) is 45.5 Å². The number of para-hydroxylation sites is 2. The summed E-state index contributed by atoms with van der Waals surface area (Å²) >= 11 is 4.87. The summed E-state index contributed by atoms with van der Waals surface area (Å²) in [5.41, 5.74) is 22.9. The molecule has 4 aromatic carbocycles. The summed E-state index contributed by atoms with van der Waals surface area (Å²) in [7, 11) is 0. The fourth-order valence-electron chi connectivity index (χ4n) is 10.00. The quantitative estimate of drug-likeness (QED) is 0.0576. The van der Waals surface area contributed by atoms with Crippen molar-refractivity contribution < 1.29 is 28.7 Å². The number of carbonyl (C=O) groups excluding carboxylic acids is 4. The predicted octanol–water partition coefficient (Wildman–Crippen LogP) is 9.09. The van der Waals surface area contributed by atoms with E-state index in [1.54, 1.807) is 18.5 Å². The highest BCUT2D eigenvalue weighted by molar-refractivity contribution is 6.67. The van der Waals surface area contributed by atoms with Crippen molar-refractivity contribution >= 4 is 34.6 Å². The number of imidazole rings is 2. The topological polar surface area (TPSA) is 214 Å². The van der Waals surface area contributed by atoms with Gasteiger partial charge in [0.1, 0.15) is 46.0 Å². The lowest BCUT2D eigenvalue weighted by Crippen LogP contribution is -2.42. The van der Waals surface area contributed by atoms with Crippen LogP contribution < -0.4 is 37.1 Å². The third-order valence-electron chi connectivity index (χ3n) is 13.6. The molecule has 7 N–H and O–H groups in total. The molecule has 0 spiro atoms. The molecule has 4 aliphatic rings. The van der Waals surface area contributed by atoms with Crippen LogP contribution in [0.1, 0.15) is 96.8 Å². The van der Waals surface area contributed by atoms with Gasteiger partial charge >= 0.3 is 0 Å². The van der Waals surface area contributed by atoms with Gasteiger partial charge in [-0.25, -0.2) is 19.3 Å². The fraction of sp³-hybridized carbons (Fsp3) is 0.321. The molecule has 0 saturated carbocycles. The highest BCUT2D eigenvalue weighted by Crippen LogP contribution is 2.41. The average molecular weight is 1010 g/mol. The third kappa shape index (κ3) is 12.3. The van der Waals surface area contributed by atoms with E-state index in [2.05, 4.69) is 29.3 Å². The number of hydrogen-bond acceptors (Lipinski definition) is 11.